The average molecular weight is 153 g/mol. The van der Waals surface area contributed by atoms with Crippen molar-refractivity contribution in [3.63, 3.8) is 0 Å². The second-order valence-corrected chi connectivity index (χ2v) is 1.90. The lowest BCUT2D eigenvalue weighted by molar-refractivity contribution is 0.0995. The van der Waals surface area contributed by atoms with Crippen molar-refractivity contribution in [2.24, 2.45) is 5.73 Å². The smallest absolute Gasteiger partial charge is 0.267 e. The molecule has 0 aliphatic carbocycles. The molecule has 0 bridgehead atoms. The molecule has 1 amide bonds. The molecule has 0 spiro atoms. The standard InChI is InChI=1S/C5H7N5O/c6-3-1-2(4(7)11)9-5(8)10-3/h1H,(H2,7,11)(H4,6,8,9,10). The number of nitrogen functional groups attached to an aromatic ring is 2. The topological polar surface area (TPSA) is 121 Å². The van der Waals surface area contributed by atoms with E-state index in [0.717, 1.165) is 0 Å². The van der Waals surface area contributed by atoms with E-state index in [1.807, 2.05) is 0 Å². The van der Waals surface area contributed by atoms with E-state index in [1.54, 1.807) is 0 Å². The molecule has 6 nitrogen and oxygen atoms in total. The predicted molar refractivity (Wildman–Crippen MR) is 39.4 cm³/mol. The summed E-state index contributed by atoms with van der Waals surface area (Å²) in [6, 6.07) is 1.26. The highest BCUT2D eigenvalue weighted by molar-refractivity contribution is 5.91. The third-order valence-corrected chi connectivity index (χ3v) is 1.02. The Morgan fingerprint density at radius 1 is 1.36 bits per heavy atom. The van der Waals surface area contributed by atoms with Gasteiger partial charge in [0.1, 0.15) is 11.5 Å². The van der Waals surface area contributed by atoms with Gasteiger partial charge < -0.3 is 17.2 Å². The van der Waals surface area contributed by atoms with Crippen molar-refractivity contribution in [2.45, 2.75) is 0 Å². The van der Waals surface area contributed by atoms with E-state index in [0.29, 0.717) is 0 Å². The van der Waals surface area contributed by atoms with Crippen LogP contribution in [0.1, 0.15) is 10.5 Å². The van der Waals surface area contributed by atoms with Gasteiger partial charge in [-0.2, -0.15) is 4.98 Å². The summed E-state index contributed by atoms with van der Waals surface area (Å²) in [4.78, 5) is 17.6. The molecule has 1 aromatic heterocycles. The van der Waals surface area contributed by atoms with E-state index >= 15 is 0 Å². The summed E-state index contributed by atoms with van der Waals surface area (Å²) in [5.74, 6) is -0.601. The first-order valence-corrected chi connectivity index (χ1v) is 2.79. The van der Waals surface area contributed by atoms with Gasteiger partial charge in [0.15, 0.2) is 0 Å². The van der Waals surface area contributed by atoms with Gasteiger partial charge in [0.2, 0.25) is 5.95 Å². The molecule has 1 rings (SSSR count). The molecule has 0 saturated heterocycles. The van der Waals surface area contributed by atoms with Crippen LogP contribution < -0.4 is 17.2 Å². The fourth-order valence-corrected chi connectivity index (χ4v) is 0.612. The lowest BCUT2D eigenvalue weighted by Crippen LogP contribution is -2.15. The Kier molecular flexibility index (Phi) is 1.59. The monoisotopic (exact) mass is 153 g/mol. The van der Waals surface area contributed by atoms with E-state index < -0.39 is 5.91 Å². The summed E-state index contributed by atoms with van der Waals surface area (Å²) < 4.78 is 0. The zero-order valence-corrected chi connectivity index (χ0v) is 5.61. The number of rotatable bonds is 1. The molecule has 1 heterocycles. The number of primary amides is 1. The van der Waals surface area contributed by atoms with Gasteiger partial charge in [-0.15, -0.1) is 0 Å². The molecule has 0 fully saturated rings. The van der Waals surface area contributed by atoms with Crippen LogP contribution >= 0.6 is 0 Å². The summed E-state index contributed by atoms with van der Waals surface area (Å²) in [6.45, 7) is 0. The highest BCUT2D eigenvalue weighted by Gasteiger charge is 2.03. The van der Waals surface area contributed by atoms with Crippen LogP contribution in [0.2, 0.25) is 0 Å². The Balaban J connectivity index is 3.19. The Labute approximate surface area is 62.4 Å². The first-order chi connectivity index (χ1) is 5.09. The lowest BCUT2D eigenvalue weighted by atomic mass is 10.4. The maximum atomic E-state index is 10.5. The molecular formula is C5H7N5O. The maximum Gasteiger partial charge on any atom is 0.267 e. The van der Waals surface area contributed by atoms with Gasteiger partial charge in [-0.3, -0.25) is 4.79 Å². The van der Waals surface area contributed by atoms with Gasteiger partial charge in [-0.1, -0.05) is 0 Å². The van der Waals surface area contributed by atoms with Gasteiger partial charge in [0.05, 0.1) is 0 Å². The number of carbonyl (C=O) groups excluding carboxylic acids is 1. The van der Waals surface area contributed by atoms with Crippen LogP contribution in [0.5, 0.6) is 0 Å². The van der Waals surface area contributed by atoms with Crippen molar-refractivity contribution in [1.29, 1.82) is 0 Å². The largest absolute Gasteiger partial charge is 0.384 e. The second-order valence-electron chi connectivity index (χ2n) is 1.90. The quantitative estimate of drug-likeness (QED) is 0.465. The molecule has 0 aliphatic heterocycles. The van der Waals surface area contributed by atoms with Crippen LogP contribution in [0, 0.1) is 0 Å². The van der Waals surface area contributed by atoms with E-state index in [1.165, 1.54) is 6.07 Å². The molecule has 6 heteroatoms. The van der Waals surface area contributed by atoms with Gasteiger partial charge in [-0.25, -0.2) is 4.98 Å². The maximum absolute atomic E-state index is 10.5. The highest BCUT2D eigenvalue weighted by Crippen LogP contribution is 2.02. The van der Waals surface area contributed by atoms with Crippen molar-refractivity contribution in [3.05, 3.63) is 11.8 Å². The first kappa shape index (κ1) is 7.26. The number of nitrogens with zero attached hydrogens (tertiary/aromatic N) is 2. The molecule has 0 saturated carbocycles. The van der Waals surface area contributed by atoms with E-state index in [4.69, 9.17) is 17.2 Å². The Morgan fingerprint density at radius 2 is 2.00 bits per heavy atom. The molecule has 0 aromatic carbocycles. The third-order valence-electron chi connectivity index (χ3n) is 1.02. The third kappa shape index (κ3) is 1.54. The lowest BCUT2D eigenvalue weighted by Gasteiger charge is -1.97. The van der Waals surface area contributed by atoms with Crippen molar-refractivity contribution >= 4 is 17.7 Å². The summed E-state index contributed by atoms with van der Waals surface area (Å²) >= 11 is 0. The minimum atomic E-state index is -0.675. The number of anilines is 2. The van der Waals surface area contributed by atoms with Crippen molar-refractivity contribution in [3.8, 4) is 0 Å². The Morgan fingerprint density at radius 3 is 2.45 bits per heavy atom. The number of amides is 1. The van der Waals surface area contributed by atoms with Crippen molar-refractivity contribution in [1.82, 2.24) is 9.97 Å². The van der Waals surface area contributed by atoms with Crippen LogP contribution in [0.4, 0.5) is 11.8 Å². The van der Waals surface area contributed by atoms with Gasteiger partial charge in [0.25, 0.3) is 5.91 Å². The van der Waals surface area contributed by atoms with Crippen LogP contribution in [0.3, 0.4) is 0 Å². The number of hydrogen-bond acceptors (Lipinski definition) is 5. The van der Waals surface area contributed by atoms with Gasteiger partial charge in [-0.05, 0) is 0 Å². The molecule has 58 valence electrons. The van der Waals surface area contributed by atoms with Gasteiger partial charge >= 0.3 is 0 Å². The van der Waals surface area contributed by atoms with Crippen LogP contribution in [0.25, 0.3) is 0 Å². The normalized spacial score (nSPS) is 9.45. The van der Waals surface area contributed by atoms with E-state index in [-0.39, 0.29) is 17.5 Å². The summed E-state index contributed by atoms with van der Waals surface area (Å²) in [5.41, 5.74) is 15.4. The SMILES string of the molecule is NC(=O)c1cc(N)nc(N)n1. The van der Waals surface area contributed by atoms with Crippen LogP contribution in [0.15, 0.2) is 6.07 Å². The van der Waals surface area contributed by atoms with Crippen molar-refractivity contribution in [2.75, 3.05) is 11.5 Å². The summed E-state index contributed by atoms with van der Waals surface area (Å²) in [7, 11) is 0. The fourth-order valence-electron chi connectivity index (χ4n) is 0.612. The molecule has 0 atom stereocenters. The Hall–Kier alpha value is -1.85. The molecule has 0 unspecified atom stereocenters. The minimum Gasteiger partial charge on any atom is -0.384 e. The molecule has 0 radical (unpaired) electrons. The summed E-state index contributed by atoms with van der Waals surface area (Å²) in [5, 5.41) is 0. The zero-order valence-electron chi connectivity index (χ0n) is 5.61. The summed E-state index contributed by atoms with van der Waals surface area (Å²) in [6.07, 6.45) is 0. The zero-order chi connectivity index (χ0) is 8.43. The first-order valence-electron chi connectivity index (χ1n) is 2.79. The molecule has 0 aliphatic rings. The van der Waals surface area contributed by atoms with Crippen LogP contribution in [-0.2, 0) is 0 Å². The van der Waals surface area contributed by atoms with E-state index in [9.17, 15) is 4.79 Å². The van der Waals surface area contributed by atoms with Crippen molar-refractivity contribution < 1.29 is 4.79 Å². The molecule has 6 N–H and O–H groups in total. The molecule has 1 aromatic rings. The minimum absolute atomic E-state index is 0.0231. The van der Waals surface area contributed by atoms with Crippen LogP contribution in [-0.4, -0.2) is 15.9 Å². The average Bonchev–Trinajstić information content (AvgIpc) is 1.85. The number of carbonyl (C=O) groups is 1. The highest BCUT2D eigenvalue weighted by atomic mass is 16.1. The molecular weight excluding hydrogens is 146 g/mol. The second kappa shape index (κ2) is 2.41. The van der Waals surface area contributed by atoms with Gasteiger partial charge in [0, 0.05) is 6.07 Å². The number of nitrogens with two attached hydrogens (primary N) is 3. The molecule has 11 heavy (non-hydrogen) atoms. The number of hydrogen-bond donors (Lipinski definition) is 3. The predicted octanol–water partition coefficient (Wildman–Crippen LogP) is -1.26. The Bertz CT molecular complexity index is 277. The number of aromatic nitrogens is 2. The van der Waals surface area contributed by atoms with E-state index in [2.05, 4.69) is 9.97 Å². The fraction of sp³-hybridized carbons (Fsp3) is 0.